The molecule has 1 aliphatic rings. The Morgan fingerprint density at radius 3 is 3.15 bits per heavy atom. The van der Waals surface area contributed by atoms with Gasteiger partial charge in [-0.05, 0) is 36.9 Å². The van der Waals surface area contributed by atoms with Crippen LogP contribution in [0, 0.1) is 11.8 Å². The van der Waals surface area contributed by atoms with E-state index in [4.69, 9.17) is 5.73 Å². The molecule has 0 spiro atoms. The van der Waals surface area contributed by atoms with Gasteiger partial charge in [-0.3, -0.25) is 4.79 Å². The summed E-state index contributed by atoms with van der Waals surface area (Å²) in [6.07, 6.45) is 4.53. The maximum absolute atomic E-state index is 12.7. The lowest BCUT2D eigenvalue weighted by atomic mass is 9.87. The van der Waals surface area contributed by atoms with Gasteiger partial charge in [-0.25, -0.2) is 4.52 Å². The fourth-order valence-corrected chi connectivity index (χ4v) is 2.91. The van der Waals surface area contributed by atoms with E-state index in [-0.39, 0.29) is 5.91 Å². The second-order valence-corrected chi connectivity index (χ2v) is 5.60. The van der Waals surface area contributed by atoms with E-state index >= 15 is 0 Å². The first kappa shape index (κ1) is 13.1. The molecule has 0 bridgehead atoms. The first-order chi connectivity index (χ1) is 9.70. The molecule has 5 heteroatoms. The number of pyridine rings is 1. The maximum atomic E-state index is 12.7. The summed E-state index contributed by atoms with van der Waals surface area (Å²) in [5.41, 5.74) is 7.35. The number of piperidine rings is 1. The molecule has 3 rings (SSSR count). The van der Waals surface area contributed by atoms with E-state index in [0.717, 1.165) is 25.0 Å². The van der Waals surface area contributed by atoms with Crippen LogP contribution < -0.4 is 5.73 Å². The predicted octanol–water partition coefficient (Wildman–Crippen LogP) is 1.39. The van der Waals surface area contributed by atoms with Crippen molar-refractivity contribution in [3.63, 3.8) is 0 Å². The third-order valence-electron chi connectivity index (χ3n) is 4.36. The fourth-order valence-electron chi connectivity index (χ4n) is 2.91. The molecule has 20 heavy (non-hydrogen) atoms. The van der Waals surface area contributed by atoms with E-state index in [1.807, 2.05) is 29.3 Å². The smallest absolute Gasteiger partial charge is 0.257 e. The Kier molecular flexibility index (Phi) is 3.44. The highest BCUT2D eigenvalue weighted by Gasteiger charge is 2.29. The first-order valence-electron chi connectivity index (χ1n) is 7.12. The minimum Gasteiger partial charge on any atom is -0.338 e. The van der Waals surface area contributed by atoms with Crippen LogP contribution >= 0.6 is 0 Å². The van der Waals surface area contributed by atoms with Crippen LogP contribution in [0.15, 0.2) is 30.6 Å². The molecule has 0 radical (unpaired) electrons. The summed E-state index contributed by atoms with van der Waals surface area (Å²) < 4.78 is 1.74. The Hall–Kier alpha value is -1.88. The normalized spacial score (nSPS) is 23.2. The van der Waals surface area contributed by atoms with Gasteiger partial charge in [0.1, 0.15) is 0 Å². The summed E-state index contributed by atoms with van der Waals surface area (Å²) in [6.45, 7) is 4.41. The van der Waals surface area contributed by atoms with E-state index < -0.39 is 0 Å². The number of rotatable bonds is 2. The summed E-state index contributed by atoms with van der Waals surface area (Å²) in [4.78, 5) is 14.6. The van der Waals surface area contributed by atoms with Crippen molar-refractivity contribution >= 4 is 11.4 Å². The molecule has 1 fully saturated rings. The minimum atomic E-state index is 0.0663. The third kappa shape index (κ3) is 2.18. The number of nitrogens with zero attached hydrogens (tertiary/aromatic N) is 3. The highest BCUT2D eigenvalue weighted by atomic mass is 16.2. The lowest BCUT2D eigenvalue weighted by molar-refractivity contribution is 0.0620. The summed E-state index contributed by atoms with van der Waals surface area (Å²) >= 11 is 0. The second-order valence-electron chi connectivity index (χ2n) is 5.60. The zero-order chi connectivity index (χ0) is 14.1. The Bertz CT molecular complexity index is 621. The van der Waals surface area contributed by atoms with Crippen molar-refractivity contribution in [2.75, 3.05) is 19.6 Å². The average molecular weight is 272 g/mol. The molecule has 0 aromatic carbocycles. The predicted molar refractivity (Wildman–Crippen MR) is 77.4 cm³/mol. The summed E-state index contributed by atoms with van der Waals surface area (Å²) in [5, 5.41) is 4.23. The van der Waals surface area contributed by atoms with Crippen molar-refractivity contribution in [3.8, 4) is 0 Å². The van der Waals surface area contributed by atoms with Crippen molar-refractivity contribution in [2.45, 2.75) is 13.3 Å². The monoisotopic (exact) mass is 272 g/mol. The van der Waals surface area contributed by atoms with Crippen LogP contribution in [0.3, 0.4) is 0 Å². The first-order valence-corrected chi connectivity index (χ1v) is 7.12. The molecule has 1 amide bonds. The fraction of sp³-hybridized carbons (Fsp3) is 0.467. The Morgan fingerprint density at radius 2 is 2.35 bits per heavy atom. The quantitative estimate of drug-likeness (QED) is 0.898. The Balaban J connectivity index is 1.85. The molecule has 2 atom stereocenters. The van der Waals surface area contributed by atoms with E-state index in [2.05, 4.69) is 12.0 Å². The number of fused-ring (bicyclic) bond motifs is 1. The van der Waals surface area contributed by atoms with E-state index in [9.17, 15) is 4.79 Å². The standard InChI is InChI=1S/C15H20N4O/c1-11-5-7-18(10-12(11)8-16)15(20)13-9-17-19-6-3-2-4-14(13)19/h2-4,6,9,11-12H,5,7-8,10,16H2,1H3. The van der Waals surface area contributed by atoms with Crippen molar-refractivity contribution in [3.05, 3.63) is 36.2 Å². The number of hydrogen-bond acceptors (Lipinski definition) is 3. The van der Waals surface area contributed by atoms with E-state index in [1.165, 1.54) is 0 Å². The van der Waals surface area contributed by atoms with Crippen LogP contribution in [0.4, 0.5) is 0 Å². The molecule has 2 N–H and O–H groups in total. The lowest BCUT2D eigenvalue weighted by Gasteiger charge is -2.36. The molecule has 2 unspecified atom stereocenters. The molecule has 0 saturated carbocycles. The van der Waals surface area contributed by atoms with Gasteiger partial charge in [-0.2, -0.15) is 5.10 Å². The van der Waals surface area contributed by atoms with Gasteiger partial charge < -0.3 is 10.6 Å². The molecule has 5 nitrogen and oxygen atoms in total. The van der Waals surface area contributed by atoms with Crippen molar-refractivity contribution in [2.24, 2.45) is 17.6 Å². The van der Waals surface area contributed by atoms with Gasteiger partial charge in [0.15, 0.2) is 0 Å². The third-order valence-corrected chi connectivity index (χ3v) is 4.36. The molecular formula is C15H20N4O. The highest BCUT2D eigenvalue weighted by Crippen LogP contribution is 2.24. The number of likely N-dealkylation sites (tertiary alicyclic amines) is 1. The topological polar surface area (TPSA) is 63.6 Å². The SMILES string of the molecule is CC1CCN(C(=O)c2cnn3ccccc23)CC1CN. The van der Waals surface area contributed by atoms with Gasteiger partial charge in [0, 0.05) is 19.3 Å². The van der Waals surface area contributed by atoms with Crippen LogP contribution in [0.1, 0.15) is 23.7 Å². The van der Waals surface area contributed by atoms with Gasteiger partial charge in [0.2, 0.25) is 0 Å². The summed E-state index contributed by atoms with van der Waals surface area (Å²) in [5.74, 6) is 1.05. The summed E-state index contributed by atoms with van der Waals surface area (Å²) in [7, 11) is 0. The zero-order valence-corrected chi connectivity index (χ0v) is 11.7. The molecule has 1 saturated heterocycles. The maximum Gasteiger partial charge on any atom is 0.257 e. The van der Waals surface area contributed by atoms with Crippen LogP contribution in [-0.2, 0) is 0 Å². The molecule has 3 heterocycles. The van der Waals surface area contributed by atoms with Gasteiger partial charge in [0.25, 0.3) is 5.91 Å². The van der Waals surface area contributed by atoms with E-state index in [1.54, 1.807) is 10.7 Å². The van der Waals surface area contributed by atoms with Crippen LogP contribution in [0.2, 0.25) is 0 Å². The Labute approximate surface area is 118 Å². The number of carbonyl (C=O) groups is 1. The number of carbonyl (C=O) groups excluding carboxylic acids is 1. The summed E-state index contributed by atoms with van der Waals surface area (Å²) in [6, 6.07) is 5.75. The van der Waals surface area contributed by atoms with Gasteiger partial charge >= 0.3 is 0 Å². The second kappa shape index (κ2) is 5.25. The Morgan fingerprint density at radius 1 is 1.50 bits per heavy atom. The molecule has 1 aliphatic heterocycles. The van der Waals surface area contributed by atoms with Crippen LogP contribution in [0.25, 0.3) is 5.52 Å². The van der Waals surface area contributed by atoms with Gasteiger partial charge in [-0.1, -0.05) is 13.0 Å². The van der Waals surface area contributed by atoms with Crippen molar-refractivity contribution in [1.82, 2.24) is 14.5 Å². The lowest BCUT2D eigenvalue weighted by Crippen LogP contribution is -2.45. The molecular weight excluding hydrogens is 252 g/mol. The average Bonchev–Trinajstić information content (AvgIpc) is 2.91. The number of aromatic nitrogens is 2. The van der Waals surface area contributed by atoms with Crippen LogP contribution in [0.5, 0.6) is 0 Å². The van der Waals surface area contributed by atoms with E-state index in [0.29, 0.717) is 23.9 Å². The molecule has 2 aromatic heterocycles. The molecule has 2 aromatic rings. The number of nitrogens with two attached hydrogens (primary N) is 1. The number of hydrogen-bond donors (Lipinski definition) is 1. The largest absolute Gasteiger partial charge is 0.338 e. The zero-order valence-electron chi connectivity index (χ0n) is 11.7. The van der Waals surface area contributed by atoms with Crippen LogP contribution in [-0.4, -0.2) is 40.1 Å². The number of amides is 1. The molecule has 106 valence electrons. The minimum absolute atomic E-state index is 0.0663. The van der Waals surface area contributed by atoms with Crippen molar-refractivity contribution in [1.29, 1.82) is 0 Å². The highest BCUT2D eigenvalue weighted by molar-refractivity contribution is 6.00. The van der Waals surface area contributed by atoms with Gasteiger partial charge in [-0.15, -0.1) is 0 Å². The molecule has 0 aliphatic carbocycles. The van der Waals surface area contributed by atoms with Crippen molar-refractivity contribution < 1.29 is 4.79 Å². The van der Waals surface area contributed by atoms with Gasteiger partial charge in [0.05, 0.1) is 17.3 Å².